The van der Waals surface area contributed by atoms with Crippen molar-refractivity contribution in [3.8, 4) is 5.75 Å². The molecule has 0 aliphatic rings. The van der Waals surface area contributed by atoms with Crippen molar-refractivity contribution in [1.82, 2.24) is 0 Å². The Morgan fingerprint density at radius 2 is 1.63 bits per heavy atom. The molecule has 27 heavy (non-hydrogen) atoms. The van der Waals surface area contributed by atoms with Gasteiger partial charge >= 0.3 is 0 Å². The lowest BCUT2D eigenvalue weighted by atomic mass is 9.85. The van der Waals surface area contributed by atoms with Crippen LogP contribution in [0.25, 0.3) is 0 Å². The first-order valence-corrected chi connectivity index (χ1v) is 11.2. The minimum absolute atomic E-state index is 0.215. The summed E-state index contributed by atoms with van der Waals surface area (Å²) in [5, 5.41) is 0. The van der Waals surface area contributed by atoms with Crippen LogP contribution in [0.3, 0.4) is 0 Å². The molecule has 0 radical (unpaired) electrons. The lowest BCUT2D eigenvalue weighted by Crippen LogP contribution is -2.06. The predicted molar refractivity (Wildman–Crippen MR) is 110 cm³/mol. The lowest BCUT2D eigenvalue weighted by molar-refractivity contribution is 0.309. The topological polar surface area (TPSA) is 63.6 Å². The van der Waals surface area contributed by atoms with Crippen LogP contribution in [0.5, 0.6) is 5.75 Å². The van der Waals surface area contributed by atoms with Crippen LogP contribution in [0.2, 0.25) is 0 Å². The van der Waals surface area contributed by atoms with E-state index in [1.165, 1.54) is 11.1 Å². The Morgan fingerprint density at radius 1 is 0.963 bits per heavy atom. The van der Waals surface area contributed by atoms with Gasteiger partial charge in [0.1, 0.15) is 5.75 Å². The van der Waals surface area contributed by atoms with Crippen LogP contribution >= 0.6 is 0 Å². The molecule has 2 rings (SSSR count). The molecule has 0 heterocycles. The second-order valence-corrected chi connectivity index (χ2v) is 8.64. The van der Waals surface area contributed by atoms with E-state index in [1.54, 1.807) is 0 Å². The molecular weight excluding hydrogens is 360 g/mol. The summed E-state index contributed by atoms with van der Waals surface area (Å²) < 4.78 is 35.7. The Hall–Kier alpha value is -1.85. The molecule has 2 aromatic carbocycles. The maximum atomic E-state index is 10.7. The molecule has 2 unspecified atom stereocenters. The monoisotopic (exact) mass is 390 g/mol. The van der Waals surface area contributed by atoms with E-state index in [-0.39, 0.29) is 5.75 Å². The zero-order valence-corrected chi connectivity index (χ0v) is 17.0. The molecule has 5 heteroatoms. The Bertz CT molecular complexity index is 770. The number of benzene rings is 2. The van der Waals surface area contributed by atoms with Gasteiger partial charge < -0.3 is 4.74 Å². The summed E-state index contributed by atoms with van der Waals surface area (Å²) in [5.74, 6) is 1.58. The highest BCUT2D eigenvalue weighted by molar-refractivity contribution is 7.85. The van der Waals surface area contributed by atoms with Crippen molar-refractivity contribution in [2.75, 3.05) is 12.4 Å². The average Bonchev–Trinajstić information content (AvgIpc) is 2.66. The summed E-state index contributed by atoms with van der Waals surface area (Å²) in [6.45, 7) is 4.94. The van der Waals surface area contributed by atoms with Gasteiger partial charge in [-0.05, 0) is 60.8 Å². The zero-order valence-electron chi connectivity index (χ0n) is 16.2. The van der Waals surface area contributed by atoms with Gasteiger partial charge in [-0.3, -0.25) is 4.55 Å². The van der Waals surface area contributed by atoms with E-state index < -0.39 is 10.1 Å². The highest BCUT2D eigenvalue weighted by Crippen LogP contribution is 2.32. The lowest BCUT2D eigenvalue weighted by Gasteiger charge is -2.21. The van der Waals surface area contributed by atoms with Crippen LogP contribution in [0.15, 0.2) is 54.6 Å². The van der Waals surface area contributed by atoms with Crippen LogP contribution in [0, 0.1) is 0 Å². The molecule has 0 spiro atoms. The number of rotatable bonds is 11. The first-order chi connectivity index (χ1) is 12.9. The summed E-state index contributed by atoms with van der Waals surface area (Å²) in [6, 6.07) is 18.8. The molecule has 0 bridgehead atoms. The quantitative estimate of drug-likeness (QED) is 0.411. The number of hydrogen-bond donors (Lipinski definition) is 1. The fourth-order valence-corrected chi connectivity index (χ4v) is 3.86. The van der Waals surface area contributed by atoms with Crippen molar-refractivity contribution >= 4 is 10.1 Å². The van der Waals surface area contributed by atoms with Crippen molar-refractivity contribution < 1.29 is 17.7 Å². The third kappa shape index (κ3) is 7.73. The van der Waals surface area contributed by atoms with Gasteiger partial charge in [0.05, 0.1) is 12.4 Å². The summed E-state index contributed by atoms with van der Waals surface area (Å²) in [4.78, 5) is 0. The second kappa shape index (κ2) is 10.5. The Labute approximate surface area is 163 Å². The first-order valence-electron chi connectivity index (χ1n) is 9.62. The summed E-state index contributed by atoms with van der Waals surface area (Å²) in [7, 11) is -3.87. The van der Waals surface area contributed by atoms with Gasteiger partial charge in [-0.25, -0.2) is 0 Å². The van der Waals surface area contributed by atoms with E-state index in [0.29, 0.717) is 31.3 Å². The normalized spacial score (nSPS) is 13.9. The Morgan fingerprint density at radius 3 is 2.22 bits per heavy atom. The molecular formula is C22H30O4S. The molecule has 0 saturated heterocycles. The van der Waals surface area contributed by atoms with E-state index in [0.717, 1.165) is 18.6 Å². The number of ether oxygens (including phenoxy) is 1. The maximum Gasteiger partial charge on any atom is 0.264 e. The summed E-state index contributed by atoms with van der Waals surface area (Å²) >= 11 is 0. The van der Waals surface area contributed by atoms with Gasteiger partial charge in [0, 0.05) is 0 Å². The molecule has 148 valence electrons. The molecule has 0 fully saturated rings. The highest BCUT2D eigenvalue weighted by atomic mass is 32.2. The Kier molecular flexibility index (Phi) is 8.32. The van der Waals surface area contributed by atoms with Gasteiger partial charge in [0.15, 0.2) is 0 Å². The van der Waals surface area contributed by atoms with Crippen molar-refractivity contribution in [2.24, 2.45) is 0 Å². The molecule has 2 atom stereocenters. The Balaban J connectivity index is 1.83. The van der Waals surface area contributed by atoms with E-state index in [1.807, 2.05) is 12.1 Å². The molecule has 0 saturated carbocycles. The van der Waals surface area contributed by atoms with Gasteiger partial charge in [-0.2, -0.15) is 8.42 Å². The minimum atomic E-state index is -3.87. The highest BCUT2D eigenvalue weighted by Gasteiger charge is 2.15. The third-order valence-electron chi connectivity index (χ3n) is 4.92. The summed E-state index contributed by atoms with van der Waals surface area (Å²) in [5.41, 5.74) is 2.69. The zero-order chi connectivity index (χ0) is 19.7. The standard InChI is InChI=1S/C22H30O4S/c1-3-19(21-9-5-4-6-10-21)17-18(2)20-11-13-22(14-12-20)26-15-7-8-16-27(23,24)25/h4-6,9-14,18-19H,3,7-8,15-17H2,1-2H3,(H,23,24,25). The summed E-state index contributed by atoms with van der Waals surface area (Å²) in [6.07, 6.45) is 3.22. The van der Waals surface area contributed by atoms with Crippen LogP contribution in [-0.4, -0.2) is 25.3 Å². The molecule has 2 aromatic rings. The molecule has 1 N–H and O–H groups in total. The number of unbranched alkanes of at least 4 members (excludes halogenated alkanes) is 1. The van der Waals surface area contributed by atoms with E-state index in [2.05, 4.69) is 56.3 Å². The second-order valence-electron chi connectivity index (χ2n) is 7.06. The van der Waals surface area contributed by atoms with Gasteiger partial charge in [0.25, 0.3) is 10.1 Å². The van der Waals surface area contributed by atoms with E-state index in [9.17, 15) is 8.42 Å². The third-order valence-corrected chi connectivity index (χ3v) is 5.72. The van der Waals surface area contributed by atoms with E-state index in [4.69, 9.17) is 9.29 Å². The maximum absolute atomic E-state index is 10.7. The molecule has 4 nitrogen and oxygen atoms in total. The first kappa shape index (κ1) is 21.5. The number of hydrogen-bond acceptors (Lipinski definition) is 3. The predicted octanol–water partition coefficient (Wildman–Crippen LogP) is 5.42. The minimum Gasteiger partial charge on any atom is -0.494 e. The van der Waals surface area contributed by atoms with Gasteiger partial charge in [0.2, 0.25) is 0 Å². The van der Waals surface area contributed by atoms with Crippen LogP contribution in [0.4, 0.5) is 0 Å². The fraction of sp³-hybridized carbons (Fsp3) is 0.455. The van der Waals surface area contributed by atoms with Crippen LogP contribution in [-0.2, 0) is 10.1 Å². The van der Waals surface area contributed by atoms with Gasteiger partial charge in [-0.1, -0.05) is 56.3 Å². The van der Waals surface area contributed by atoms with Crippen LogP contribution < -0.4 is 4.74 Å². The van der Waals surface area contributed by atoms with E-state index >= 15 is 0 Å². The van der Waals surface area contributed by atoms with Crippen molar-refractivity contribution in [1.29, 1.82) is 0 Å². The molecule has 0 aromatic heterocycles. The van der Waals surface area contributed by atoms with Gasteiger partial charge in [-0.15, -0.1) is 0 Å². The fourth-order valence-electron chi connectivity index (χ4n) is 3.30. The van der Waals surface area contributed by atoms with Crippen LogP contribution in [0.1, 0.15) is 62.5 Å². The molecule has 0 amide bonds. The average molecular weight is 391 g/mol. The van der Waals surface area contributed by atoms with Crippen molar-refractivity contribution in [2.45, 2.75) is 51.4 Å². The van der Waals surface area contributed by atoms with Crippen molar-refractivity contribution in [3.63, 3.8) is 0 Å². The smallest absolute Gasteiger partial charge is 0.264 e. The SMILES string of the molecule is CCC(CC(C)c1ccc(OCCCCS(=O)(=O)O)cc1)c1ccccc1. The molecule has 0 aliphatic heterocycles. The van der Waals surface area contributed by atoms with Crippen molar-refractivity contribution in [3.05, 3.63) is 65.7 Å². The largest absolute Gasteiger partial charge is 0.494 e. The molecule has 0 aliphatic carbocycles.